The van der Waals surface area contributed by atoms with Crippen LogP contribution in [-0.4, -0.2) is 23.1 Å². The number of rotatable bonds is 5. The number of nitrogens with zero attached hydrogens (tertiary/aromatic N) is 1. The summed E-state index contributed by atoms with van der Waals surface area (Å²) in [4.78, 5) is 16.9. The summed E-state index contributed by atoms with van der Waals surface area (Å²) in [6, 6.07) is 16.0. The molecular formula is C20H18Cl2N2O2. The van der Waals surface area contributed by atoms with Crippen LogP contribution < -0.4 is 5.73 Å². The maximum Gasteiger partial charge on any atom is 0.357 e. The normalized spacial score (nSPS) is 13.4. The lowest BCUT2D eigenvalue weighted by atomic mass is 10.0. The predicted octanol–water partition coefficient (Wildman–Crippen LogP) is 4.66. The van der Waals surface area contributed by atoms with E-state index in [1.165, 1.54) is 0 Å². The van der Waals surface area contributed by atoms with Crippen LogP contribution in [0.15, 0.2) is 54.6 Å². The van der Waals surface area contributed by atoms with Gasteiger partial charge >= 0.3 is 5.97 Å². The summed E-state index contributed by atoms with van der Waals surface area (Å²) in [6.45, 7) is 1.79. The number of fused-ring (bicyclic) bond motifs is 1. The van der Waals surface area contributed by atoms with Crippen molar-refractivity contribution in [1.29, 1.82) is 0 Å². The topological polar surface area (TPSA) is 65.2 Å². The smallest absolute Gasteiger partial charge is 0.357 e. The number of carbonyl (C=O) groups is 1. The minimum absolute atomic E-state index is 0.253. The number of esters is 1. The van der Waals surface area contributed by atoms with Gasteiger partial charge in [-0.25, -0.2) is 9.78 Å². The molecule has 2 atom stereocenters. The molecule has 1 aromatic heterocycles. The summed E-state index contributed by atoms with van der Waals surface area (Å²) in [5, 5.41) is 1.89. The Bertz CT molecular complexity index is 944. The van der Waals surface area contributed by atoms with Gasteiger partial charge in [-0.05, 0) is 36.8 Å². The average molecular weight is 389 g/mol. The van der Waals surface area contributed by atoms with E-state index in [0.29, 0.717) is 16.5 Å². The first-order chi connectivity index (χ1) is 12.4. The van der Waals surface area contributed by atoms with Crippen molar-refractivity contribution in [3.8, 4) is 0 Å². The van der Waals surface area contributed by atoms with Crippen molar-refractivity contribution in [3.05, 3.63) is 75.9 Å². The molecule has 134 valence electrons. The van der Waals surface area contributed by atoms with E-state index < -0.39 is 12.1 Å². The van der Waals surface area contributed by atoms with E-state index in [1.807, 2.05) is 36.4 Å². The Balaban J connectivity index is 1.77. The van der Waals surface area contributed by atoms with Crippen LogP contribution in [0.3, 0.4) is 0 Å². The Kier molecular flexibility index (Phi) is 5.77. The molecule has 6 heteroatoms. The molecule has 0 unspecified atom stereocenters. The average Bonchev–Trinajstić information content (AvgIpc) is 2.63. The third kappa shape index (κ3) is 4.33. The number of benzene rings is 2. The summed E-state index contributed by atoms with van der Waals surface area (Å²) in [7, 11) is 0. The standard InChI is InChI=1S/C20H18Cl2N2O2/c1-12(23)19(11-13-6-8-15(21)16(22)10-13)26-20(25)18-9-7-14-4-2-3-5-17(14)24-18/h2-10,12,19H,11,23H2,1H3/t12-,19+/m0/s1. The molecule has 1 heterocycles. The van der Waals surface area contributed by atoms with E-state index in [-0.39, 0.29) is 11.7 Å². The molecule has 0 radical (unpaired) electrons. The van der Waals surface area contributed by atoms with Gasteiger partial charge in [-0.3, -0.25) is 0 Å². The molecule has 0 spiro atoms. The van der Waals surface area contributed by atoms with Crippen molar-refractivity contribution in [2.75, 3.05) is 0 Å². The number of hydrogen-bond donors (Lipinski definition) is 1. The van der Waals surface area contributed by atoms with Gasteiger partial charge in [0.15, 0.2) is 0 Å². The lowest BCUT2D eigenvalue weighted by Crippen LogP contribution is -2.37. The fourth-order valence-electron chi connectivity index (χ4n) is 2.61. The first-order valence-corrected chi connectivity index (χ1v) is 8.96. The molecule has 3 aromatic rings. The SMILES string of the molecule is C[C@H](N)[C@@H](Cc1ccc(Cl)c(Cl)c1)OC(=O)c1ccc2ccccc2n1. The number of carbonyl (C=O) groups excluding carboxylic acids is 1. The fraction of sp³-hybridized carbons (Fsp3) is 0.200. The second-order valence-corrected chi connectivity index (χ2v) is 6.96. The highest BCUT2D eigenvalue weighted by molar-refractivity contribution is 6.42. The number of hydrogen-bond acceptors (Lipinski definition) is 4. The van der Waals surface area contributed by atoms with Gasteiger partial charge in [0, 0.05) is 17.8 Å². The lowest BCUT2D eigenvalue weighted by molar-refractivity contribution is 0.0247. The van der Waals surface area contributed by atoms with Crippen molar-refractivity contribution in [3.63, 3.8) is 0 Å². The van der Waals surface area contributed by atoms with Crippen LogP contribution in [0.1, 0.15) is 23.0 Å². The molecule has 4 nitrogen and oxygen atoms in total. The Labute approximate surface area is 161 Å². The maximum atomic E-state index is 12.5. The van der Waals surface area contributed by atoms with Crippen molar-refractivity contribution >= 4 is 40.1 Å². The van der Waals surface area contributed by atoms with Crippen LogP contribution in [0.5, 0.6) is 0 Å². The number of ether oxygens (including phenoxy) is 1. The van der Waals surface area contributed by atoms with Crippen molar-refractivity contribution in [1.82, 2.24) is 4.98 Å². The van der Waals surface area contributed by atoms with E-state index in [9.17, 15) is 4.79 Å². The van der Waals surface area contributed by atoms with Crippen LogP contribution in [0, 0.1) is 0 Å². The Hall–Kier alpha value is -2.14. The van der Waals surface area contributed by atoms with Crippen LogP contribution in [0.25, 0.3) is 10.9 Å². The first kappa shape index (κ1) is 18.6. The highest BCUT2D eigenvalue weighted by Crippen LogP contribution is 2.24. The quantitative estimate of drug-likeness (QED) is 0.645. The Morgan fingerprint density at radius 1 is 1.12 bits per heavy atom. The monoisotopic (exact) mass is 388 g/mol. The van der Waals surface area contributed by atoms with Crippen LogP contribution in [0.2, 0.25) is 10.0 Å². The molecule has 0 aliphatic rings. The molecular weight excluding hydrogens is 371 g/mol. The fourth-order valence-corrected chi connectivity index (χ4v) is 2.93. The van der Waals surface area contributed by atoms with Gasteiger partial charge in [-0.15, -0.1) is 0 Å². The second kappa shape index (κ2) is 8.04. The van der Waals surface area contributed by atoms with Gasteiger partial charge in [-0.1, -0.05) is 53.5 Å². The minimum Gasteiger partial charge on any atom is -0.456 e. The molecule has 2 N–H and O–H groups in total. The highest BCUT2D eigenvalue weighted by atomic mass is 35.5. The van der Waals surface area contributed by atoms with E-state index in [4.69, 9.17) is 33.7 Å². The van der Waals surface area contributed by atoms with Gasteiger partial charge in [-0.2, -0.15) is 0 Å². The first-order valence-electron chi connectivity index (χ1n) is 8.20. The summed E-state index contributed by atoms with van der Waals surface area (Å²) in [5.41, 5.74) is 7.90. The minimum atomic E-state index is -0.506. The zero-order valence-electron chi connectivity index (χ0n) is 14.2. The molecule has 26 heavy (non-hydrogen) atoms. The van der Waals surface area contributed by atoms with Crippen molar-refractivity contribution in [2.24, 2.45) is 5.73 Å². The maximum absolute atomic E-state index is 12.5. The van der Waals surface area contributed by atoms with Gasteiger partial charge in [0.1, 0.15) is 11.8 Å². The Morgan fingerprint density at radius 3 is 2.62 bits per heavy atom. The predicted molar refractivity (Wildman–Crippen MR) is 105 cm³/mol. The number of nitrogens with two attached hydrogens (primary N) is 1. The van der Waals surface area contributed by atoms with E-state index in [2.05, 4.69) is 4.98 Å². The van der Waals surface area contributed by atoms with E-state index in [1.54, 1.807) is 25.1 Å². The van der Waals surface area contributed by atoms with E-state index in [0.717, 1.165) is 16.5 Å². The van der Waals surface area contributed by atoms with Gasteiger partial charge in [0.2, 0.25) is 0 Å². The molecule has 0 saturated carbocycles. The molecule has 0 saturated heterocycles. The molecule has 0 bridgehead atoms. The summed E-state index contributed by atoms with van der Waals surface area (Å²) >= 11 is 12.0. The summed E-state index contributed by atoms with van der Waals surface area (Å²) in [5.74, 6) is -0.502. The third-order valence-electron chi connectivity index (χ3n) is 4.07. The molecule has 0 fully saturated rings. The van der Waals surface area contributed by atoms with Gasteiger partial charge < -0.3 is 10.5 Å². The highest BCUT2D eigenvalue weighted by Gasteiger charge is 2.21. The number of para-hydroxylation sites is 1. The van der Waals surface area contributed by atoms with Gasteiger partial charge in [0.05, 0.1) is 15.6 Å². The second-order valence-electron chi connectivity index (χ2n) is 6.14. The summed E-state index contributed by atoms with van der Waals surface area (Å²) in [6.07, 6.45) is -0.0681. The molecule has 3 rings (SSSR count). The number of aromatic nitrogens is 1. The third-order valence-corrected chi connectivity index (χ3v) is 4.81. The number of pyridine rings is 1. The zero-order valence-corrected chi connectivity index (χ0v) is 15.7. The Morgan fingerprint density at radius 2 is 1.88 bits per heavy atom. The summed E-state index contributed by atoms with van der Waals surface area (Å²) < 4.78 is 5.62. The molecule has 0 amide bonds. The van der Waals surface area contributed by atoms with Gasteiger partial charge in [0.25, 0.3) is 0 Å². The van der Waals surface area contributed by atoms with Crippen LogP contribution >= 0.6 is 23.2 Å². The molecule has 0 aliphatic heterocycles. The zero-order chi connectivity index (χ0) is 18.7. The van der Waals surface area contributed by atoms with Crippen molar-refractivity contribution < 1.29 is 9.53 Å². The van der Waals surface area contributed by atoms with Crippen LogP contribution in [0.4, 0.5) is 0 Å². The largest absolute Gasteiger partial charge is 0.456 e. The van der Waals surface area contributed by atoms with Crippen molar-refractivity contribution in [2.45, 2.75) is 25.5 Å². The van der Waals surface area contributed by atoms with E-state index >= 15 is 0 Å². The number of halogens is 2. The molecule has 0 aliphatic carbocycles. The lowest BCUT2D eigenvalue weighted by Gasteiger charge is -2.21. The van der Waals surface area contributed by atoms with Crippen LogP contribution in [-0.2, 0) is 11.2 Å². The molecule has 2 aromatic carbocycles.